The molecule has 6 heteroatoms. The fourth-order valence-electron chi connectivity index (χ4n) is 3.95. The molecule has 1 saturated heterocycles. The number of rotatable bonds is 3. The molecule has 1 N–H and O–H groups in total. The van der Waals surface area contributed by atoms with Crippen LogP contribution in [0.2, 0.25) is 5.02 Å². The number of piperidine rings is 1. The van der Waals surface area contributed by atoms with Crippen LogP contribution in [0.3, 0.4) is 0 Å². The Labute approximate surface area is 169 Å². The third-order valence-corrected chi connectivity index (χ3v) is 5.68. The maximum Gasteiger partial charge on any atom is 0.238 e. The summed E-state index contributed by atoms with van der Waals surface area (Å²) in [6.45, 7) is 5.44. The molecule has 2 aliphatic rings. The number of fused-ring (bicyclic) bond motifs is 2. The molecule has 0 aromatic heterocycles. The van der Waals surface area contributed by atoms with Gasteiger partial charge in [-0.1, -0.05) is 29.8 Å². The van der Waals surface area contributed by atoms with E-state index in [1.165, 1.54) is 0 Å². The highest BCUT2D eigenvalue weighted by atomic mass is 35.5. The number of aliphatic imine (C=N–C) groups is 1. The Morgan fingerprint density at radius 2 is 2.00 bits per heavy atom. The number of hydrogen-bond donors (Lipinski definition) is 1. The van der Waals surface area contributed by atoms with E-state index in [-0.39, 0.29) is 24.2 Å². The molecule has 0 spiro atoms. The van der Waals surface area contributed by atoms with E-state index in [1.807, 2.05) is 36.9 Å². The normalized spacial score (nSPS) is 18.9. The first-order valence-corrected chi connectivity index (χ1v) is 9.80. The maximum atomic E-state index is 12.9. The Morgan fingerprint density at radius 1 is 1.25 bits per heavy atom. The zero-order chi connectivity index (χ0) is 19.8. The van der Waals surface area contributed by atoms with Gasteiger partial charge in [-0.05, 0) is 49.6 Å². The molecule has 0 radical (unpaired) electrons. The molecule has 2 aromatic rings. The van der Waals surface area contributed by atoms with Crippen molar-refractivity contribution in [3.63, 3.8) is 0 Å². The molecule has 4 rings (SSSR count). The number of amides is 1. The average Bonchev–Trinajstić information content (AvgIpc) is 2.66. The smallest absolute Gasteiger partial charge is 0.238 e. The van der Waals surface area contributed by atoms with E-state index in [2.05, 4.69) is 10.3 Å². The second kappa shape index (κ2) is 7.49. The van der Waals surface area contributed by atoms with Crippen molar-refractivity contribution in [1.29, 1.82) is 0 Å². The van der Waals surface area contributed by atoms with Crippen LogP contribution in [-0.4, -0.2) is 41.9 Å². The minimum atomic E-state index is -0.298. The number of Topliss-reactive ketones (excluding diaryl/α,β-unsaturated/α-hetero) is 1. The number of carbonyl (C=O) groups is 2. The summed E-state index contributed by atoms with van der Waals surface area (Å²) in [6, 6.07) is 11.2. The summed E-state index contributed by atoms with van der Waals surface area (Å²) >= 11 is 6.05. The number of carbonyl (C=O) groups excluding carboxylic acids is 2. The van der Waals surface area contributed by atoms with Crippen LogP contribution in [0, 0.1) is 19.8 Å². The van der Waals surface area contributed by atoms with E-state index in [9.17, 15) is 9.59 Å². The first-order valence-electron chi connectivity index (χ1n) is 9.42. The van der Waals surface area contributed by atoms with Crippen molar-refractivity contribution in [3.05, 3.63) is 58.1 Å². The van der Waals surface area contributed by atoms with E-state index in [1.54, 1.807) is 18.2 Å². The molecule has 28 heavy (non-hydrogen) atoms. The zero-order valence-electron chi connectivity index (χ0n) is 16.0. The van der Waals surface area contributed by atoms with Gasteiger partial charge in [0.2, 0.25) is 5.91 Å². The van der Waals surface area contributed by atoms with E-state index in [4.69, 9.17) is 11.6 Å². The minimum absolute atomic E-state index is 0.0438. The van der Waals surface area contributed by atoms with Gasteiger partial charge in [-0.25, -0.2) is 0 Å². The summed E-state index contributed by atoms with van der Waals surface area (Å²) in [5.41, 5.74) is 5.12. The van der Waals surface area contributed by atoms with E-state index < -0.39 is 0 Å². The molecule has 0 saturated carbocycles. The van der Waals surface area contributed by atoms with Crippen LogP contribution in [-0.2, 0) is 4.79 Å². The number of nitrogens with one attached hydrogen (secondary N) is 1. The molecule has 1 fully saturated rings. The maximum absolute atomic E-state index is 12.9. The molecule has 2 aliphatic heterocycles. The lowest BCUT2D eigenvalue weighted by Gasteiger charge is -2.35. The Bertz CT molecular complexity index is 979. The first-order chi connectivity index (χ1) is 13.4. The standard InChI is InChI=1S/C22H22ClN3O2/c1-13-4-3-5-14(2)21(13)25-20(27)12-26-9-8-19-17(11-26)22(28)16-10-15(23)6-7-18(16)24-19/h3-7,10,17H,8-9,11-12H2,1-2H3,(H,25,27). The quantitative estimate of drug-likeness (QED) is 0.847. The van der Waals surface area contributed by atoms with Crippen LogP contribution in [0.5, 0.6) is 0 Å². The van der Waals surface area contributed by atoms with E-state index in [0.29, 0.717) is 35.8 Å². The lowest BCUT2D eigenvalue weighted by atomic mass is 9.85. The largest absolute Gasteiger partial charge is 0.324 e. The predicted molar refractivity (Wildman–Crippen MR) is 112 cm³/mol. The van der Waals surface area contributed by atoms with Gasteiger partial charge in [0, 0.05) is 35.1 Å². The Morgan fingerprint density at radius 3 is 2.75 bits per heavy atom. The first kappa shape index (κ1) is 18.8. The van der Waals surface area contributed by atoms with Crippen LogP contribution in [0.25, 0.3) is 0 Å². The lowest BCUT2D eigenvalue weighted by molar-refractivity contribution is -0.117. The number of ketones is 1. The number of aryl methyl sites for hydroxylation is 2. The molecule has 0 bridgehead atoms. The number of para-hydroxylation sites is 1. The van der Waals surface area contributed by atoms with Crippen LogP contribution in [0.1, 0.15) is 27.9 Å². The number of nitrogens with zero attached hydrogens (tertiary/aromatic N) is 2. The van der Waals surface area contributed by atoms with Gasteiger partial charge in [0.05, 0.1) is 18.2 Å². The number of hydrogen-bond acceptors (Lipinski definition) is 4. The van der Waals surface area contributed by atoms with Crippen molar-refractivity contribution in [1.82, 2.24) is 4.90 Å². The van der Waals surface area contributed by atoms with Crippen LogP contribution in [0.15, 0.2) is 41.4 Å². The van der Waals surface area contributed by atoms with Crippen molar-refractivity contribution >= 4 is 40.4 Å². The summed E-state index contributed by atoms with van der Waals surface area (Å²) in [5.74, 6) is -0.320. The molecule has 144 valence electrons. The van der Waals surface area contributed by atoms with Crippen LogP contribution >= 0.6 is 11.6 Å². The SMILES string of the molecule is Cc1cccc(C)c1NC(=O)CN1CCC2=Nc3ccc(Cl)cc3C(=O)C2C1. The minimum Gasteiger partial charge on any atom is -0.324 e. The van der Waals surface area contributed by atoms with Gasteiger partial charge in [-0.15, -0.1) is 0 Å². The zero-order valence-corrected chi connectivity index (χ0v) is 16.7. The molecule has 5 nitrogen and oxygen atoms in total. The molecule has 1 amide bonds. The van der Waals surface area contributed by atoms with Gasteiger partial charge in [0.25, 0.3) is 0 Å². The van der Waals surface area contributed by atoms with E-state index in [0.717, 1.165) is 22.5 Å². The molecule has 1 unspecified atom stereocenters. The van der Waals surface area contributed by atoms with Gasteiger partial charge in [0.1, 0.15) is 0 Å². The molecular formula is C22H22ClN3O2. The third-order valence-electron chi connectivity index (χ3n) is 5.44. The summed E-state index contributed by atoms with van der Waals surface area (Å²) in [4.78, 5) is 32.2. The predicted octanol–water partition coefficient (Wildman–Crippen LogP) is 4.19. The average molecular weight is 396 g/mol. The number of benzene rings is 2. The highest BCUT2D eigenvalue weighted by Crippen LogP contribution is 2.33. The summed E-state index contributed by atoms with van der Waals surface area (Å²) in [5, 5.41) is 3.55. The Hall–Kier alpha value is -2.50. The summed E-state index contributed by atoms with van der Waals surface area (Å²) in [6.07, 6.45) is 0.690. The van der Waals surface area contributed by atoms with Crippen molar-refractivity contribution in [2.75, 3.05) is 25.0 Å². The van der Waals surface area contributed by atoms with Crippen molar-refractivity contribution < 1.29 is 9.59 Å². The fraction of sp³-hybridized carbons (Fsp3) is 0.318. The van der Waals surface area contributed by atoms with Crippen LogP contribution in [0.4, 0.5) is 11.4 Å². The van der Waals surface area contributed by atoms with Gasteiger partial charge in [-0.2, -0.15) is 0 Å². The second-order valence-corrected chi connectivity index (χ2v) is 7.92. The second-order valence-electron chi connectivity index (χ2n) is 7.48. The number of anilines is 1. The lowest BCUT2D eigenvalue weighted by Crippen LogP contribution is -2.47. The van der Waals surface area contributed by atoms with Crippen molar-refractivity contribution in [2.45, 2.75) is 20.3 Å². The highest BCUT2D eigenvalue weighted by molar-refractivity contribution is 6.31. The van der Waals surface area contributed by atoms with Crippen LogP contribution < -0.4 is 5.32 Å². The van der Waals surface area contributed by atoms with Gasteiger partial charge < -0.3 is 5.32 Å². The third kappa shape index (κ3) is 3.60. The Balaban J connectivity index is 1.46. The van der Waals surface area contributed by atoms with Gasteiger partial charge in [0.15, 0.2) is 5.78 Å². The fourth-order valence-corrected chi connectivity index (χ4v) is 4.12. The van der Waals surface area contributed by atoms with Crippen molar-refractivity contribution in [3.8, 4) is 0 Å². The molecule has 2 aromatic carbocycles. The molecule has 1 atom stereocenters. The van der Waals surface area contributed by atoms with E-state index >= 15 is 0 Å². The monoisotopic (exact) mass is 395 g/mol. The summed E-state index contributed by atoms with van der Waals surface area (Å²) < 4.78 is 0. The molecular weight excluding hydrogens is 374 g/mol. The van der Waals surface area contributed by atoms with Gasteiger partial charge >= 0.3 is 0 Å². The molecule has 2 heterocycles. The summed E-state index contributed by atoms with van der Waals surface area (Å²) in [7, 11) is 0. The topological polar surface area (TPSA) is 61.8 Å². The Kier molecular flexibility index (Phi) is 5.04. The number of likely N-dealkylation sites (tertiary alicyclic amines) is 1. The van der Waals surface area contributed by atoms with Gasteiger partial charge in [-0.3, -0.25) is 19.5 Å². The number of halogens is 1. The van der Waals surface area contributed by atoms with Crippen molar-refractivity contribution in [2.24, 2.45) is 10.9 Å². The highest BCUT2D eigenvalue weighted by Gasteiger charge is 2.36. The molecule has 0 aliphatic carbocycles.